The Labute approximate surface area is 132 Å². The molecule has 110 valence electrons. The van der Waals surface area contributed by atoms with E-state index in [0.717, 1.165) is 18.0 Å². The van der Waals surface area contributed by atoms with Gasteiger partial charge in [0.05, 0.1) is 0 Å². The van der Waals surface area contributed by atoms with Crippen LogP contribution in [0.25, 0.3) is 0 Å². The molecular formula is C19H22ClN. The molecule has 0 heterocycles. The van der Waals surface area contributed by atoms with Gasteiger partial charge in [-0.3, -0.25) is 0 Å². The van der Waals surface area contributed by atoms with Crippen molar-refractivity contribution in [1.82, 2.24) is 5.32 Å². The molecule has 1 atom stereocenters. The van der Waals surface area contributed by atoms with Crippen molar-refractivity contribution < 1.29 is 0 Å². The van der Waals surface area contributed by atoms with Gasteiger partial charge < -0.3 is 5.32 Å². The first-order chi connectivity index (χ1) is 10.3. The fraction of sp³-hybridized carbons (Fsp3) is 0.368. The van der Waals surface area contributed by atoms with Gasteiger partial charge in [-0.25, -0.2) is 0 Å². The summed E-state index contributed by atoms with van der Waals surface area (Å²) in [6.07, 6.45) is 4.90. The first-order valence-corrected chi connectivity index (χ1v) is 8.15. The minimum absolute atomic E-state index is 0.492. The van der Waals surface area contributed by atoms with Gasteiger partial charge in [0, 0.05) is 17.5 Å². The van der Waals surface area contributed by atoms with Crippen LogP contribution in [0.5, 0.6) is 0 Å². The molecule has 2 aromatic carbocycles. The summed E-state index contributed by atoms with van der Waals surface area (Å²) in [4.78, 5) is 0. The maximum Gasteiger partial charge on any atom is 0.0406 e. The fourth-order valence-electron chi connectivity index (χ4n) is 3.33. The van der Waals surface area contributed by atoms with E-state index in [1.807, 2.05) is 19.2 Å². The van der Waals surface area contributed by atoms with Gasteiger partial charge in [0.15, 0.2) is 0 Å². The van der Waals surface area contributed by atoms with Crippen molar-refractivity contribution in [3.05, 3.63) is 69.7 Å². The summed E-state index contributed by atoms with van der Waals surface area (Å²) in [6, 6.07) is 15.3. The molecule has 21 heavy (non-hydrogen) atoms. The van der Waals surface area contributed by atoms with Crippen LogP contribution >= 0.6 is 11.6 Å². The van der Waals surface area contributed by atoms with Crippen LogP contribution in [-0.2, 0) is 19.3 Å². The third kappa shape index (κ3) is 3.48. The van der Waals surface area contributed by atoms with Crippen molar-refractivity contribution in [2.75, 3.05) is 13.6 Å². The number of fused-ring (bicyclic) bond motifs is 1. The number of aryl methyl sites for hydroxylation is 2. The Bertz CT molecular complexity index is 603. The zero-order valence-electron chi connectivity index (χ0n) is 12.5. The lowest BCUT2D eigenvalue weighted by molar-refractivity contribution is 0.625. The van der Waals surface area contributed by atoms with E-state index in [1.54, 1.807) is 11.1 Å². The van der Waals surface area contributed by atoms with Gasteiger partial charge in [-0.05, 0) is 67.1 Å². The van der Waals surface area contributed by atoms with Crippen molar-refractivity contribution in [2.24, 2.45) is 0 Å². The molecule has 0 bridgehead atoms. The van der Waals surface area contributed by atoms with Gasteiger partial charge in [-0.2, -0.15) is 0 Å². The van der Waals surface area contributed by atoms with Crippen molar-refractivity contribution in [3.8, 4) is 0 Å². The Hall–Kier alpha value is -1.31. The van der Waals surface area contributed by atoms with Gasteiger partial charge in [0.1, 0.15) is 0 Å². The summed E-state index contributed by atoms with van der Waals surface area (Å²) in [5.41, 5.74) is 5.92. The van der Waals surface area contributed by atoms with Crippen molar-refractivity contribution in [1.29, 1.82) is 0 Å². The molecule has 0 spiro atoms. The monoisotopic (exact) mass is 299 g/mol. The Balaban J connectivity index is 1.80. The van der Waals surface area contributed by atoms with E-state index >= 15 is 0 Å². The topological polar surface area (TPSA) is 12.0 Å². The van der Waals surface area contributed by atoms with Gasteiger partial charge in [-0.1, -0.05) is 41.9 Å². The van der Waals surface area contributed by atoms with Crippen molar-refractivity contribution in [2.45, 2.75) is 31.6 Å². The summed E-state index contributed by atoms with van der Waals surface area (Å²) >= 11 is 6.00. The Morgan fingerprint density at radius 3 is 2.57 bits per heavy atom. The third-order valence-corrected chi connectivity index (χ3v) is 4.69. The lowest BCUT2D eigenvalue weighted by atomic mass is 9.91. The molecule has 2 aromatic rings. The highest BCUT2D eigenvalue weighted by Gasteiger charge is 2.15. The number of hydrogen-bond donors (Lipinski definition) is 1. The molecule has 0 saturated heterocycles. The molecule has 0 amide bonds. The molecule has 1 nitrogen and oxygen atoms in total. The van der Waals surface area contributed by atoms with Gasteiger partial charge in [0.2, 0.25) is 0 Å². The molecule has 1 unspecified atom stereocenters. The predicted octanol–water partition coefficient (Wildman–Crippen LogP) is 4.37. The van der Waals surface area contributed by atoms with E-state index < -0.39 is 0 Å². The standard InChI is InChI=1S/C19H22ClN/c1-21-13-18(16-7-9-19(20)10-8-16)12-14-5-6-15-3-2-4-17(15)11-14/h5-11,18,21H,2-4,12-13H2,1H3. The molecule has 0 aromatic heterocycles. The molecule has 0 fully saturated rings. The number of hydrogen-bond acceptors (Lipinski definition) is 1. The van der Waals surface area contributed by atoms with E-state index in [2.05, 4.69) is 35.6 Å². The number of benzene rings is 2. The number of nitrogens with one attached hydrogen (secondary N) is 1. The first-order valence-electron chi connectivity index (χ1n) is 7.77. The molecule has 0 radical (unpaired) electrons. The van der Waals surface area contributed by atoms with Crippen LogP contribution < -0.4 is 5.32 Å². The highest BCUT2D eigenvalue weighted by atomic mass is 35.5. The molecule has 2 heteroatoms. The summed E-state index contributed by atoms with van der Waals surface area (Å²) in [6.45, 7) is 0.985. The Morgan fingerprint density at radius 2 is 1.81 bits per heavy atom. The number of rotatable bonds is 5. The third-order valence-electron chi connectivity index (χ3n) is 4.44. The highest BCUT2D eigenvalue weighted by molar-refractivity contribution is 6.30. The molecule has 1 aliphatic rings. The van der Waals surface area contributed by atoms with Crippen molar-refractivity contribution in [3.63, 3.8) is 0 Å². The zero-order valence-corrected chi connectivity index (χ0v) is 13.3. The molecule has 1 aliphatic carbocycles. The van der Waals surface area contributed by atoms with Crippen LogP contribution in [0.15, 0.2) is 42.5 Å². The van der Waals surface area contributed by atoms with Crippen LogP contribution in [0.4, 0.5) is 0 Å². The van der Waals surface area contributed by atoms with Gasteiger partial charge >= 0.3 is 0 Å². The van der Waals surface area contributed by atoms with Gasteiger partial charge in [-0.15, -0.1) is 0 Å². The summed E-state index contributed by atoms with van der Waals surface area (Å²) in [5.74, 6) is 0.492. The summed E-state index contributed by atoms with van der Waals surface area (Å²) in [7, 11) is 2.02. The number of halogens is 1. The highest BCUT2D eigenvalue weighted by Crippen LogP contribution is 2.27. The quantitative estimate of drug-likeness (QED) is 0.864. The summed E-state index contributed by atoms with van der Waals surface area (Å²) < 4.78 is 0. The van der Waals surface area contributed by atoms with Crippen molar-refractivity contribution >= 4 is 11.6 Å². The van der Waals surface area contributed by atoms with E-state index in [-0.39, 0.29) is 0 Å². The predicted molar refractivity (Wildman–Crippen MR) is 90.3 cm³/mol. The average molecular weight is 300 g/mol. The maximum atomic E-state index is 6.00. The van der Waals surface area contributed by atoms with Crippen LogP contribution in [0.3, 0.4) is 0 Å². The van der Waals surface area contributed by atoms with Crippen LogP contribution in [0, 0.1) is 0 Å². The lowest BCUT2D eigenvalue weighted by Gasteiger charge is -2.18. The van der Waals surface area contributed by atoms with E-state index in [1.165, 1.54) is 30.4 Å². The van der Waals surface area contributed by atoms with E-state index in [9.17, 15) is 0 Å². The second-order valence-corrected chi connectivity index (χ2v) is 6.40. The van der Waals surface area contributed by atoms with Crippen LogP contribution in [-0.4, -0.2) is 13.6 Å². The average Bonchev–Trinajstić information content (AvgIpc) is 2.95. The van der Waals surface area contributed by atoms with E-state index in [0.29, 0.717) is 5.92 Å². The molecule has 3 rings (SSSR count). The Morgan fingerprint density at radius 1 is 1.05 bits per heavy atom. The largest absolute Gasteiger partial charge is 0.319 e. The Kier molecular flexibility index (Phi) is 4.62. The first kappa shape index (κ1) is 14.6. The smallest absolute Gasteiger partial charge is 0.0406 e. The molecule has 1 N–H and O–H groups in total. The van der Waals surface area contributed by atoms with Crippen LogP contribution in [0.1, 0.15) is 34.6 Å². The SMILES string of the molecule is CNCC(Cc1ccc2c(c1)CCC2)c1ccc(Cl)cc1. The number of likely N-dealkylation sites (N-methyl/N-ethyl adjacent to an activating group) is 1. The van der Waals surface area contributed by atoms with E-state index in [4.69, 9.17) is 11.6 Å². The maximum absolute atomic E-state index is 6.00. The molecule has 0 aliphatic heterocycles. The molecular weight excluding hydrogens is 278 g/mol. The normalized spacial score (nSPS) is 15.0. The van der Waals surface area contributed by atoms with Gasteiger partial charge in [0.25, 0.3) is 0 Å². The fourth-order valence-corrected chi connectivity index (χ4v) is 3.45. The summed E-state index contributed by atoms with van der Waals surface area (Å²) in [5, 5.41) is 4.13. The zero-order chi connectivity index (χ0) is 14.7. The lowest BCUT2D eigenvalue weighted by Crippen LogP contribution is -2.19. The van der Waals surface area contributed by atoms with Crippen LogP contribution in [0.2, 0.25) is 5.02 Å². The second kappa shape index (κ2) is 6.64. The minimum Gasteiger partial charge on any atom is -0.319 e. The minimum atomic E-state index is 0.492. The molecule has 0 saturated carbocycles. The second-order valence-electron chi connectivity index (χ2n) is 5.97.